The molecule has 4 aliphatic rings. The van der Waals surface area contributed by atoms with Gasteiger partial charge in [-0.15, -0.1) is 0 Å². The van der Waals surface area contributed by atoms with Crippen molar-refractivity contribution >= 4 is 21.9 Å². The number of fused-ring (bicyclic) bond motifs is 5. The van der Waals surface area contributed by atoms with Crippen molar-refractivity contribution in [3.05, 3.63) is 0 Å². The lowest BCUT2D eigenvalue weighted by Crippen LogP contribution is -2.59. The Kier molecular flexibility index (Phi) is 5.17. The summed E-state index contributed by atoms with van der Waals surface area (Å²) in [5.74, 6) is 0.982. The highest BCUT2D eigenvalue weighted by molar-refractivity contribution is 7.86. The van der Waals surface area contributed by atoms with Crippen molar-refractivity contribution in [1.82, 2.24) is 0 Å². The predicted molar refractivity (Wildman–Crippen MR) is 107 cm³/mol. The molecule has 4 saturated carbocycles. The summed E-state index contributed by atoms with van der Waals surface area (Å²) in [5, 5.41) is 0. The van der Waals surface area contributed by atoms with Crippen LogP contribution < -0.4 is 0 Å². The molecule has 0 spiro atoms. The molecule has 29 heavy (non-hydrogen) atoms. The molecular formula is C22H34O6S. The first-order chi connectivity index (χ1) is 13.4. The summed E-state index contributed by atoms with van der Waals surface area (Å²) in [6.07, 6.45) is 7.17. The second-order valence-corrected chi connectivity index (χ2v) is 12.1. The number of hydrogen-bond acceptors (Lipinski definition) is 6. The maximum absolute atomic E-state index is 12.7. The van der Waals surface area contributed by atoms with Gasteiger partial charge in [0.1, 0.15) is 11.9 Å². The number of rotatable bonds is 3. The third-order valence-electron chi connectivity index (χ3n) is 8.95. The molecule has 4 rings (SSSR count). The van der Waals surface area contributed by atoms with Gasteiger partial charge in [0.25, 0.3) is 10.1 Å². The molecule has 8 atom stereocenters. The fourth-order valence-electron chi connectivity index (χ4n) is 7.60. The number of ketones is 1. The number of esters is 1. The van der Waals surface area contributed by atoms with Crippen molar-refractivity contribution in [2.45, 2.75) is 84.3 Å². The average Bonchev–Trinajstić information content (AvgIpc) is 2.89. The summed E-state index contributed by atoms with van der Waals surface area (Å²) < 4.78 is 35.4. The second kappa shape index (κ2) is 7.04. The predicted octanol–water partition coefficient (Wildman–Crippen LogP) is 3.48. The Hall–Kier alpha value is -0.950. The fraction of sp³-hybridized carbons (Fsp3) is 0.909. The van der Waals surface area contributed by atoms with Crippen LogP contribution in [0, 0.1) is 34.5 Å². The lowest BCUT2D eigenvalue weighted by molar-refractivity contribution is -0.174. The Balaban J connectivity index is 1.68. The van der Waals surface area contributed by atoms with Crippen molar-refractivity contribution < 1.29 is 26.9 Å². The highest BCUT2D eigenvalue weighted by atomic mass is 32.2. The number of ether oxygens (including phenoxy) is 1. The smallest absolute Gasteiger partial charge is 0.302 e. The Morgan fingerprint density at radius 3 is 2.45 bits per heavy atom. The molecule has 164 valence electrons. The van der Waals surface area contributed by atoms with Crippen molar-refractivity contribution in [2.75, 3.05) is 6.26 Å². The summed E-state index contributed by atoms with van der Waals surface area (Å²) in [7, 11) is -3.60. The van der Waals surface area contributed by atoms with Gasteiger partial charge < -0.3 is 4.74 Å². The summed E-state index contributed by atoms with van der Waals surface area (Å²) in [5.41, 5.74) is -0.260. The van der Waals surface area contributed by atoms with Gasteiger partial charge in [-0.1, -0.05) is 13.8 Å². The zero-order valence-corrected chi connectivity index (χ0v) is 18.8. The van der Waals surface area contributed by atoms with Crippen LogP contribution in [0.2, 0.25) is 0 Å². The van der Waals surface area contributed by atoms with Crippen LogP contribution in [0.4, 0.5) is 0 Å². The fourth-order valence-corrected chi connectivity index (χ4v) is 8.25. The normalized spacial score (nSPS) is 47.1. The van der Waals surface area contributed by atoms with E-state index in [0.717, 1.165) is 44.8 Å². The molecule has 0 heterocycles. The van der Waals surface area contributed by atoms with Crippen LogP contribution in [0.3, 0.4) is 0 Å². The Morgan fingerprint density at radius 1 is 1.07 bits per heavy atom. The van der Waals surface area contributed by atoms with Crippen LogP contribution in [0.5, 0.6) is 0 Å². The highest BCUT2D eigenvalue weighted by Crippen LogP contribution is 2.66. The second-order valence-electron chi connectivity index (χ2n) is 10.5. The van der Waals surface area contributed by atoms with E-state index in [1.165, 1.54) is 6.92 Å². The van der Waals surface area contributed by atoms with Gasteiger partial charge in [-0.05, 0) is 74.0 Å². The summed E-state index contributed by atoms with van der Waals surface area (Å²) in [4.78, 5) is 24.2. The number of carbonyl (C=O) groups is 2. The third-order valence-corrected chi connectivity index (χ3v) is 9.55. The molecule has 6 nitrogen and oxygen atoms in total. The number of carbonyl (C=O) groups excluding carboxylic acids is 2. The van der Waals surface area contributed by atoms with Gasteiger partial charge in [-0.25, -0.2) is 0 Å². The van der Waals surface area contributed by atoms with E-state index in [9.17, 15) is 18.0 Å². The molecular weight excluding hydrogens is 392 g/mol. The van der Waals surface area contributed by atoms with E-state index in [1.807, 2.05) is 0 Å². The van der Waals surface area contributed by atoms with Gasteiger partial charge in [0.15, 0.2) is 0 Å². The minimum absolute atomic E-state index is 0.0750. The molecule has 4 aliphatic carbocycles. The first-order valence-electron chi connectivity index (χ1n) is 11.0. The lowest BCUT2D eigenvalue weighted by atomic mass is 9.44. The third kappa shape index (κ3) is 3.56. The van der Waals surface area contributed by atoms with E-state index in [-0.39, 0.29) is 46.8 Å². The number of Topliss-reactive ketones (excluding diaryl/α,β-unsaturated/α-hetero) is 1. The first kappa shape index (κ1) is 21.3. The van der Waals surface area contributed by atoms with Crippen LogP contribution in [0.15, 0.2) is 0 Å². The molecule has 1 unspecified atom stereocenters. The summed E-state index contributed by atoms with van der Waals surface area (Å²) in [6, 6.07) is 0. The van der Waals surface area contributed by atoms with Crippen LogP contribution in [-0.4, -0.2) is 38.6 Å². The maximum Gasteiger partial charge on any atom is 0.302 e. The Labute approximate surface area is 174 Å². The summed E-state index contributed by atoms with van der Waals surface area (Å²) in [6.45, 7) is 5.88. The zero-order chi connectivity index (χ0) is 21.2. The van der Waals surface area contributed by atoms with E-state index in [1.54, 1.807) is 0 Å². The van der Waals surface area contributed by atoms with Gasteiger partial charge in [-0.2, -0.15) is 8.42 Å². The minimum atomic E-state index is -3.60. The lowest BCUT2D eigenvalue weighted by Gasteiger charge is -2.61. The van der Waals surface area contributed by atoms with Gasteiger partial charge in [0.2, 0.25) is 0 Å². The topological polar surface area (TPSA) is 86.7 Å². The van der Waals surface area contributed by atoms with E-state index in [4.69, 9.17) is 8.92 Å². The molecule has 7 heteroatoms. The first-order valence-corrected chi connectivity index (χ1v) is 12.8. The maximum atomic E-state index is 12.7. The molecule has 0 aromatic heterocycles. The van der Waals surface area contributed by atoms with E-state index in [2.05, 4.69) is 13.8 Å². The average molecular weight is 427 g/mol. The molecule has 0 radical (unpaired) electrons. The van der Waals surface area contributed by atoms with E-state index >= 15 is 0 Å². The van der Waals surface area contributed by atoms with Crippen LogP contribution in [0.1, 0.15) is 72.1 Å². The van der Waals surface area contributed by atoms with Crippen LogP contribution in [0.25, 0.3) is 0 Å². The van der Waals surface area contributed by atoms with Crippen molar-refractivity contribution in [3.8, 4) is 0 Å². The SMILES string of the molecule is CC(=O)O[C@H]1CC[C@@]2(C)C(C1)C[C@@H](OS(C)(=O)=O)[C@@H]1[C@@H]2CC[C@]2(C)C(=O)CC[C@@H]12. The highest BCUT2D eigenvalue weighted by Gasteiger charge is 2.63. The van der Waals surface area contributed by atoms with Crippen LogP contribution in [-0.2, 0) is 28.6 Å². The molecule has 4 fully saturated rings. The minimum Gasteiger partial charge on any atom is -0.463 e. The van der Waals surface area contributed by atoms with Crippen molar-refractivity contribution in [3.63, 3.8) is 0 Å². The number of hydrogen-bond donors (Lipinski definition) is 0. The summed E-state index contributed by atoms with van der Waals surface area (Å²) >= 11 is 0. The molecule has 0 bridgehead atoms. The van der Waals surface area contributed by atoms with Crippen molar-refractivity contribution in [1.29, 1.82) is 0 Å². The van der Waals surface area contributed by atoms with Crippen molar-refractivity contribution in [2.24, 2.45) is 34.5 Å². The van der Waals surface area contributed by atoms with Gasteiger partial charge in [0, 0.05) is 18.8 Å². The standard InChI is InChI=1S/C22H34O6S/c1-13(23)27-15-7-9-21(2)14(11-15)12-18(28-29(4,25)26)20-16-5-6-19(24)22(16,3)10-8-17(20)21/h14-18,20H,5-12H2,1-4H3/t14?,15-,16-,17-,18+,20-,21-,22-/m0/s1. The van der Waals surface area contributed by atoms with Gasteiger partial charge in [-0.3, -0.25) is 13.8 Å². The molecule has 0 amide bonds. The van der Waals surface area contributed by atoms with Gasteiger partial charge >= 0.3 is 5.97 Å². The largest absolute Gasteiger partial charge is 0.463 e. The quantitative estimate of drug-likeness (QED) is 0.507. The molecule has 0 saturated heterocycles. The Morgan fingerprint density at radius 2 is 1.79 bits per heavy atom. The van der Waals surface area contributed by atoms with E-state index in [0.29, 0.717) is 24.5 Å². The molecule has 0 N–H and O–H groups in total. The van der Waals surface area contributed by atoms with Gasteiger partial charge in [0.05, 0.1) is 12.4 Å². The molecule has 0 aromatic carbocycles. The van der Waals surface area contributed by atoms with E-state index < -0.39 is 10.1 Å². The molecule has 0 aliphatic heterocycles. The zero-order valence-electron chi connectivity index (χ0n) is 18.0. The Bertz CT molecular complexity index is 806. The molecule has 0 aromatic rings. The monoisotopic (exact) mass is 426 g/mol. The van der Waals surface area contributed by atoms with Crippen LogP contribution >= 0.6 is 0 Å².